The zero-order chi connectivity index (χ0) is 20.5. The molecular weight excluding hydrogens is 410 g/mol. The van der Waals surface area contributed by atoms with Crippen LogP contribution in [0.3, 0.4) is 0 Å². The highest BCUT2D eigenvalue weighted by Crippen LogP contribution is 2.29. The number of hydrogen-bond acceptors (Lipinski definition) is 6. The van der Waals surface area contributed by atoms with Gasteiger partial charge in [-0.1, -0.05) is 23.5 Å². The van der Waals surface area contributed by atoms with Crippen molar-refractivity contribution in [2.24, 2.45) is 4.99 Å². The molecule has 0 saturated heterocycles. The Kier molecular flexibility index (Phi) is 5.27. The number of methoxy groups -OCH3 is 1. The lowest BCUT2D eigenvalue weighted by atomic mass is 10.2. The van der Waals surface area contributed by atoms with E-state index in [0.717, 1.165) is 20.5 Å². The van der Waals surface area contributed by atoms with Gasteiger partial charge in [0.25, 0.3) is 11.6 Å². The summed E-state index contributed by atoms with van der Waals surface area (Å²) in [6.07, 6.45) is 0. The first-order valence-corrected chi connectivity index (χ1v) is 10.5. The first kappa shape index (κ1) is 19.4. The fraction of sp³-hybridized carbons (Fsp3) is 0.200. The van der Waals surface area contributed by atoms with Gasteiger partial charge in [-0.3, -0.25) is 14.9 Å². The third kappa shape index (κ3) is 3.71. The first-order valence-electron chi connectivity index (χ1n) is 8.83. The van der Waals surface area contributed by atoms with E-state index in [-0.39, 0.29) is 11.6 Å². The molecule has 0 N–H and O–H groups in total. The number of carbonyl (C=O) groups is 1. The third-order valence-electron chi connectivity index (χ3n) is 4.54. The van der Waals surface area contributed by atoms with Gasteiger partial charge in [-0.25, -0.2) is 0 Å². The minimum Gasteiger partial charge on any atom is -0.383 e. The standard InChI is InChI=1S/C20H17N3O4S2/c1-12-4-3-5-16-18(12)22(8-9-27-2)20(29-16)21-19(24)17-11-13-10-14(23(25)26)6-7-15(13)28-17/h3-7,10-11H,8-9H2,1-2H3. The number of aryl methyl sites for hydroxylation is 1. The van der Waals surface area contributed by atoms with Crippen LogP contribution in [0, 0.1) is 17.0 Å². The van der Waals surface area contributed by atoms with Crippen molar-refractivity contribution in [3.63, 3.8) is 0 Å². The molecule has 0 saturated carbocycles. The normalized spacial score (nSPS) is 12.1. The van der Waals surface area contributed by atoms with Crippen LogP contribution >= 0.6 is 22.7 Å². The molecule has 1 amide bonds. The maximum atomic E-state index is 12.9. The number of aromatic nitrogens is 1. The topological polar surface area (TPSA) is 86.7 Å². The fourth-order valence-electron chi connectivity index (χ4n) is 3.17. The second-order valence-electron chi connectivity index (χ2n) is 6.46. The van der Waals surface area contributed by atoms with Gasteiger partial charge in [-0.15, -0.1) is 11.3 Å². The molecule has 2 heterocycles. The molecule has 0 aliphatic rings. The number of thiophene rings is 1. The number of hydrogen-bond donors (Lipinski definition) is 0. The summed E-state index contributed by atoms with van der Waals surface area (Å²) in [5.41, 5.74) is 2.16. The molecular formula is C20H17N3O4S2. The Labute approximate surface area is 173 Å². The van der Waals surface area contributed by atoms with Crippen LogP contribution in [0.5, 0.6) is 0 Å². The van der Waals surface area contributed by atoms with E-state index in [2.05, 4.69) is 4.99 Å². The molecule has 0 aliphatic carbocycles. The lowest BCUT2D eigenvalue weighted by Crippen LogP contribution is -2.19. The minimum absolute atomic E-state index is 0.00336. The smallest absolute Gasteiger partial charge is 0.289 e. The minimum atomic E-state index is -0.443. The average Bonchev–Trinajstić information content (AvgIpc) is 3.27. The number of non-ortho nitro benzene ring substituents is 1. The van der Waals surface area contributed by atoms with Crippen molar-refractivity contribution in [3.8, 4) is 0 Å². The summed E-state index contributed by atoms with van der Waals surface area (Å²) in [4.78, 5) is 28.8. The van der Waals surface area contributed by atoms with Crippen molar-refractivity contribution >= 4 is 54.6 Å². The van der Waals surface area contributed by atoms with Gasteiger partial charge in [0.1, 0.15) is 0 Å². The molecule has 0 bridgehead atoms. The summed E-state index contributed by atoms with van der Waals surface area (Å²) < 4.78 is 9.10. The molecule has 29 heavy (non-hydrogen) atoms. The number of benzene rings is 2. The molecule has 7 nitrogen and oxygen atoms in total. The fourth-order valence-corrected chi connectivity index (χ4v) is 5.23. The first-order chi connectivity index (χ1) is 14.0. The summed E-state index contributed by atoms with van der Waals surface area (Å²) in [6.45, 7) is 3.13. The van der Waals surface area contributed by atoms with Crippen molar-refractivity contribution in [3.05, 3.63) is 67.8 Å². The van der Waals surface area contributed by atoms with Crippen LogP contribution in [-0.2, 0) is 11.3 Å². The molecule has 4 rings (SSSR count). The molecule has 0 aliphatic heterocycles. The Bertz CT molecular complexity index is 1320. The predicted molar refractivity (Wildman–Crippen MR) is 115 cm³/mol. The summed E-state index contributed by atoms with van der Waals surface area (Å²) in [6, 6.07) is 12.3. The zero-order valence-corrected chi connectivity index (χ0v) is 17.4. The second-order valence-corrected chi connectivity index (χ2v) is 8.55. The van der Waals surface area contributed by atoms with E-state index in [1.165, 1.54) is 34.8 Å². The van der Waals surface area contributed by atoms with E-state index >= 15 is 0 Å². The number of rotatable bonds is 5. The number of para-hydroxylation sites is 1. The molecule has 0 unspecified atom stereocenters. The Hall–Kier alpha value is -2.88. The summed E-state index contributed by atoms with van der Waals surface area (Å²) >= 11 is 2.74. The Morgan fingerprint density at radius 2 is 2.03 bits per heavy atom. The monoisotopic (exact) mass is 427 g/mol. The van der Waals surface area contributed by atoms with Gasteiger partial charge in [0.05, 0.1) is 26.6 Å². The molecule has 9 heteroatoms. The lowest BCUT2D eigenvalue weighted by Gasteiger charge is -2.06. The number of fused-ring (bicyclic) bond motifs is 2. The summed E-state index contributed by atoms with van der Waals surface area (Å²) in [5, 5.41) is 11.6. The quantitative estimate of drug-likeness (QED) is 0.346. The second kappa shape index (κ2) is 7.86. The van der Waals surface area contributed by atoms with Gasteiger partial charge < -0.3 is 9.30 Å². The van der Waals surface area contributed by atoms with E-state index in [9.17, 15) is 14.9 Å². The van der Waals surface area contributed by atoms with Gasteiger partial charge in [0.15, 0.2) is 4.80 Å². The predicted octanol–water partition coefficient (Wildman–Crippen LogP) is 4.52. The molecule has 148 valence electrons. The van der Waals surface area contributed by atoms with Crippen LogP contribution in [-0.4, -0.2) is 29.1 Å². The Morgan fingerprint density at radius 1 is 1.21 bits per heavy atom. The van der Waals surface area contributed by atoms with Crippen molar-refractivity contribution < 1.29 is 14.5 Å². The average molecular weight is 428 g/mol. The van der Waals surface area contributed by atoms with Gasteiger partial charge in [0, 0.05) is 35.9 Å². The molecule has 0 atom stereocenters. The summed E-state index contributed by atoms with van der Waals surface area (Å²) in [5.74, 6) is -0.357. The maximum absolute atomic E-state index is 12.9. The van der Waals surface area contributed by atoms with E-state index in [0.29, 0.717) is 28.2 Å². The number of thiazole rings is 1. The van der Waals surface area contributed by atoms with Gasteiger partial charge in [-0.05, 0) is 30.7 Å². The van der Waals surface area contributed by atoms with Crippen LogP contribution in [0.1, 0.15) is 15.2 Å². The van der Waals surface area contributed by atoms with Gasteiger partial charge >= 0.3 is 0 Å². The highest BCUT2D eigenvalue weighted by molar-refractivity contribution is 7.21. The van der Waals surface area contributed by atoms with Gasteiger partial charge in [-0.2, -0.15) is 4.99 Å². The molecule has 2 aromatic heterocycles. The number of carbonyl (C=O) groups excluding carboxylic acids is 1. The molecule has 0 spiro atoms. The number of amides is 1. The molecule has 0 radical (unpaired) electrons. The number of nitrogens with zero attached hydrogens (tertiary/aromatic N) is 3. The van der Waals surface area contributed by atoms with E-state index < -0.39 is 4.92 Å². The van der Waals surface area contributed by atoms with Crippen molar-refractivity contribution in [2.45, 2.75) is 13.5 Å². The lowest BCUT2D eigenvalue weighted by molar-refractivity contribution is -0.384. The van der Waals surface area contributed by atoms with Crippen LogP contribution in [0.2, 0.25) is 0 Å². The van der Waals surface area contributed by atoms with Crippen molar-refractivity contribution in [1.29, 1.82) is 0 Å². The van der Waals surface area contributed by atoms with Crippen LogP contribution in [0.4, 0.5) is 5.69 Å². The largest absolute Gasteiger partial charge is 0.383 e. The van der Waals surface area contributed by atoms with Crippen LogP contribution < -0.4 is 4.80 Å². The van der Waals surface area contributed by atoms with Crippen LogP contribution in [0.15, 0.2) is 47.5 Å². The molecule has 0 fully saturated rings. The third-order valence-corrected chi connectivity index (χ3v) is 6.69. The molecule has 4 aromatic rings. The van der Waals surface area contributed by atoms with Crippen LogP contribution in [0.25, 0.3) is 20.3 Å². The zero-order valence-electron chi connectivity index (χ0n) is 15.7. The highest BCUT2D eigenvalue weighted by Gasteiger charge is 2.15. The Balaban J connectivity index is 1.80. The number of nitro groups is 1. The SMILES string of the molecule is COCCn1c(=NC(=O)c2cc3cc([N+](=O)[O-])ccc3s2)sc2cccc(C)c21. The number of nitro benzene ring substituents is 1. The maximum Gasteiger partial charge on any atom is 0.289 e. The van der Waals surface area contributed by atoms with E-state index in [4.69, 9.17) is 4.74 Å². The van der Waals surface area contributed by atoms with E-state index in [1.54, 1.807) is 19.2 Å². The van der Waals surface area contributed by atoms with Crippen molar-refractivity contribution in [2.75, 3.05) is 13.7 Å². The number of ether oxygens (including phenoxy) is 1. The Morgan fingerprint density at radius 3 is 2.79 bits per heavy atom. The van der Waals surface area contributed by atoms with E-state index in [1.807, 2.05) is 29.7 Å². The molecule has 2 aromatic carbocycles. The highest BCUT2D eigenvalue weighted by atomic mass is 32.1. The van der Waals surface area contributed by atoms with Gasteiger partial charge in [0.2, 0.25) is 0 Å². The van der Waals surface area contributed by atoms with Crippen molar-refractivity contribution in [1.82, 2.24) is 4.57 Å². The summed E-state index contributed by atoms with van der Waals surface area (Å²) in [7, 11) is 1.64.